The second kappa shape index (κ2) is 3.34. The fourth-order valence-electron chi connectivity index (χ4n) is 0.757. The lowest BCUT2D eigenvalue weighted by Gasteiger charge is -2.02. The molecule has 0 aromatic heterocycles. The predicted octanol–water partition coefficient (Wildman–Crippen LogP) is 0.268. The SMILES string of the molecule is OB(O)c1c(F)cccc1Br. The van der Waals surface area contributed by atoms with E-state index in [1.165, 1.54) is 18.2 Å². The standard InChI is InChI=1S/C6H5BBrFO2/c8-4-2-1-3-5(9)6(4)7(10)11/h1-3,10-11H. The van der Waals surface area contributed by atoms with Gasteiger partial charge in [-0.1, -0.05) is 22.0 Å². The first kappa shape index (κ1) is 8.71. The quantitative estimate of drug-likeness (QED) is 0.665. The summed E-state index contributed by atoms with van der Waals surface area (Å²) in [5, 5.41) is 17.3. The molecule has 0 saturated heterocycles. The zero-order chi connectivity index (χ0) is 8.43. The highest BCUT2D eigenvalue weighted by Crippen LogP contribution is 2.08. The second-order valence-electron chi connectivity index (χ2n) is 2.01. The summed E-state index contributed by atoms with van der Waals surface area (Å²) < 4.78 is 13.1. The molecule has 0 atom stereocenters. The number of benzene rings is 1. The van der Waals surface area contributed by atoms with Gasteiger partial charge in [-0.15, -0.1) is 0 Å². The van der Waals surface area contributed by atoms with Crippen LogP contribution >= 0.6 is 15.9 Å². The van der Waals surface area contributed by atoms with E-state index in [1.807, 2.05) is 0 Å². The van der Waals surface area contributed by atoms with Gasteiger partial charge in [0, 0.05) is 9.94 Å². The molecule has 2 nitrogen and oxygen atoms in total. The molecule has 0 fully saturated rings. The molecular formula is C6H5BBrFO2. The number of hydrogen-bond donors (Lipinski definition) is 2. The van der Waals surface area contributed by atoms with Crippen molar-refractivity contribution in [3.8, 4) is 0 Å². The van der Waals surface area contributed by atoms with Crippen LogP contribution in [0.25, 0.3) is 0 Å². The van der Waals surface area contributed by atoms with Gasteiger partial charge in [-0.25, -0.2) is 4.39 Å². The van der Waals surface area contributed by atoms with Crippen LogP contribution in [0.2, 0.25) is 0 Å². The first-order chi connectivity index (χ1) is 5.13. The highest BCUT2D eigenvalue weighted by Gasteiger charge is 2.18. The highest BCUT2D eigenvalue weighted by atomic mass is 79.9. The van der Waals surface area contributed by atoms with Crippen molar-refractivity contribution < 1.29 is 14.4 Å². The van der Waals surface area contributed by atoms with Crippen LogP contribution in [-0.4, -0.2) is 17.2 Å². The molecule has 1 aromatic carbocycles. The topological polar surface area (TPSA) is 40.5 Å². The van der Waals surface area contributed by atoms with E-state index < -0.39 is 12.9 Å². The molecule has 11 heavy (non-hydrogen) atoms. The van der Waals surface area contributed by atoms with Crippen LogP contribution in [0.3, 0.4) is 0 Å². The minimum Gasteiger partial charge on any atom is -0.423 e. The van der Waals surface area contributed by atoms with Gasteiger partial charge in [0.2, 0.25) is 0 Å². The Labute approximate surface area is 71.9 Å². The average Bonchev–Trinajstić information content (AvgIpc) is 1.85. The van der Waals surface area contributed by atoms with Crippen LogP contribution in [0.5, 0.6) is 0 Å². The second-order valence-corrected chi connectivity index (χ2v) is 2.86. The third kappa shape index (κ3) is 1.80. The summed E-state index contributed by atoms with van der Waals surface area (Å²) in [6.45, 7) is 0. The summed E-state index contributed by atoms with van der Waals surface area (Å²) in [4.78, 5) is 0. The number of hydrogen-bond acceptors (Lipinski definition) is 2. The Morgan fingerprint density at radius 2 is 2.00 bits per heavy atom. The summed E-state index contributed by atoms with van der Waals surface area (Å²) in [6, 6.07) is 4.18. The summed E-state index contributed by atoms with van der Waals surface area (Å²) >= 11 is 2.99. The van der Waals surface area contributed by atoms with E-state index in [-0.39, 0.29) is 5.46 Å². The van der Waals surface area contributed by atoms with Crippen LogP contribution in [0.4, 0.5) is 4.39 Å². The maximum absolute atomic E-state index is 12.8. The Morgan fingerprint density at radius 1 is 1.36 bits per heavy atom. The van der Waals surface area contributed by atoms with Crippen LogP contribution in [0.1, 0.15) is 0 Å². The Bertz CT molecular complexity index is 247. The lowest BCUT2D eigenvalue weighted by molar-refractivity contribution is 0.422. The van der Waals surface area contributed by atoms with E-state index in [0.717, 1.165) is 0 Å². The Morgan fingerprint density at radius 3 is 2.36 bits per heavy atom. The number of rotatable bonds is 1. The average molecular weight is 219 g/mol. The Balaban J connectivity index is 3.21. The van der Waals surface area contributed by atoms with Gasteiger partial charge in [-0.3, -0.25) is 0 Å². The normalized spacial score (nSPS) is 9.82. The largest absolute Gasteiger partial charge is 0.492 e. The molecule has 1 rings (SSSR count). The summed E-state index contributed by atoms with van der Waals surface area (Å²) in [5.41, 5.74) is -0.132. The summed E-state index contributed by atoms with van der Waals surface area (Å²) in [5.74, 6) is -0.630. The molecule has 0 amide bonds. The molecule has 0 saturated carbocycles. The minimum absolute atomic E-state index is 0.132. The molecule has 0 unspecified atom stereocenters. The lowest BCUT2D eigenvalue weighted by atomic mass is 9.80. The van der Waals surface area contributed by atoms with Crippen molar-refractivity contribution in [2.45, 2.75) is 0 Å². The van der Waals surface area contributed by atoms with E-state index in [1.54, 1.807) is 0 Å². The molecule has 0 heterocycles. The zero-order valence-electron chi connectivity index (χ0n) is 5.46. The smallest absolute Gasteiger partial charge is 0.423 e. The van der Waals surface area contributed by atoms with E-state index in [4.69, 9.17) is 10.0 Å². The van der Waals surface area contributed by atoms with Gasteiger partial charge < -0.3 is 10.0 Å². The van der Waals surface area contributed by atoms with Gasteiger partial charge >= 0.3 is 7.12 Å². The fourth-order valence-corrected chi connectivity index (χ4v) is 1.30. The van der Waals surface area contributed by atoms with Gasteiger partial charge in [-0.2, -0.15) is 0 Å². The monoisotopic (exact) mass is 218 g/mol. The van der Waals surface area contributed by atoms with E-state index in [2.05, 4.69) is 15.9 Å². The molecule has 0 aliphatic heterocycles. The molecule has 58 valence electrons. The van der Waals surface area contributed by atoms with E-state index >= 15 is 0 Å². The molecule has 0 radical (unpaired) electrons. The fraction of sp³-hybridized carbons (Fsp3) is 0. The first-order valence-corrected chi connectivity index (χ1v) is 3.72. The predicted molar refractivity (Wildman–Crippen MR) is 43.9 cm³/mol. The summed E-state index contributed by atoms with van der Waals surface area (Å²) in [7, 11) is -1.77. The molecule has 1 aromatic rings. The molecular weight excluding hydrogens is 214 g/mol. The van der Waals surface area contributed by atoms with Gasteiger partial charge in [0.25, 0.3) is 0 Å². The van der Waals surface area contributed by atoms with Crippen molar-refractivity contribution in [3.63, 3.8) is 0 Å². The highest BCUT2D eigenvalue weighted by molar-refractivity contribution is 9.10. The van der Waals surface area contributed by atoms with Crippen molar-refractivity contribution in [3.05, 3.63) is 28.5 Å². The minimum atomic E-state index is -1.77. The van der Waals surface area contributed by atoms with Crippen molar-refractivity contribution in [1.82, 2.24) is 0 Å². The third-order valence-electron chi connectivity index (χ3n) is 1.26. The Hall–Kier alpha value is -0.385. The molecule has 5 heteroatoms. The summed E-state index contributed by atoms with van der Waals surface area (Å²) in [6.07, 6.45) is 0. The maximum atomic E-state index is 12.8. The van der Waals surface area contributed by atoms with Gasteiger partial charge in [0.05, 0.1) is 0 Å². The van der Waals surface area contributed by atoms with Gasteiger partial charge in [-0.05, 0) is 12.1 Å². The van der Waals surface area contributed by atoms with Crippen molar-refractivity contribution in [2.24, 2.45) is 0 Å². The van der Waals surface area contributed by atoms with Gasteiger partial charge in [0.15, 0.2) is 0 Å². The molecule has 0 spiro atoms. The van der Waals surface area contributed by atoms with Gasteiger partial charge in [0.1, 0.15) is 5.82 Å². The van der Waals surface area contributed by atoms with E-state index in [0.29, 0.717) is 4.47 Å². The van der Waals surface area contributed by atoms with Crippen molar-refractivity contribution in [1.29, 1.82) is 0 Å². The maximum Gasteiger partial charge on any atom is 0.492 e. The molecule has 0 aliphatic carbocycles. The molecule has 0 bridgehead atoms. The zero-order valence-corrected chi connectivity index (χ0v) is 7.05. The van der Waals surface area contributed by atoms with Crippen LogP contribution in [0.15, 0.2) is 22.7 Å². The Kier molecular flexibility index (Phi) is 2.65. The van der Waals surface area contributed by atoms with Crippen molar-refractivity contribution in [2.75, 3.05) is 0 Å². The lowest BCUT2D eigenvalue weighted by Crippen LogP contribution is -2.33. The first-order valence-electron chi connectivity index (χ1n) is 2.93. The van der Waals surface area contributed by atoms with Crippen LogP contribution in [0, 0.1) is 5.82 Å². The van der Waals surface area contributed by atoms with Crippen molar-refractivity contribution >= 4 is 28.5 Å². The number of halogens is 2. The van der Waals surface area contributed by atoms with Crippen LogP contribution < -0.4 is 5.46 Å². The van der Waals surface area contributed by atoms with E-state index in [9.17, 15) is 4.39 Å². The molecule has 0 aliphatic rings. The molecule has 2 N–H and O–H groups in total. The van der Waals surface area contributed by atoms with Crippen LogP contribution in [-0.2, 0) is 0 Å². The third-order valence-corrected chi connectivity index (χ3v) is 1.95.